The molecule has 3 fully saturated rings. The van der Waals surface area contributed by atoms with Crippen LogP contribution < -0.4 is 0 Å². The van der Waals surface area contributed by atoms with Crippen LogP contribution in [0, 0.1) is 0 Å². The number of likely N-dealkylation sites (N-methyl/N-ethyl adjacent to an activating group) is 1. The van der Waals surface area contributed by atoms with Gasteiger partial charge in [-0.05, 0) is 39.2 Å². The molecule has 0 aromatic rings. The number of carbonyl (C=O) groups is 1. The number of amides is 1. The maximum atomic E-state index is 12.4. The molecule has 3 aliphatic rings. The fraction of sp³-hybridized carbons (Fsp3) is 0.938. The van der Waals surface area contributed by atoms with E-state index in [1.807, 2.05) is 4.90 Å². The standard InChI is InChI=1S/C16H28N2O3/c1-17(13-5-2-3-6-13)12-15(20)18-9-8-16(14(19)11-18)7-4-10-21-16/h13-14,19H,2-12H2,1H3/t14-,16-/m0/s1. The van der Waals surface area contributed by atoms with Crippen molar-refractivity contribution in [2.75, 3.05) is 33.3 Å². The van der Waals surface area contributed by atoms with E-state index in [0.29, 0.717) is 25.7 Å². The van der Waals surface area contributed by atoms with Crippen LogP contribution in [0.25, 0.3) is 0 Å². The van der Waals surface area contributed by atoms with Crippen LogP contribution in [-0.4, -0.2) is 71.8 Å². The quantitative estimate of drug-likeness (QED) is 0.844. The zero-order valence-corrected chi connectivity index (χ0v) is 13.1. The number of aliphatic hydroxyl groups excluding tert-OH is 1. The van der Waals surface area contributed by atoms with E-state index >= 15 is 0 Å². The predicted octanol–water partition coefficient (Wildman–Crippen LogP) is 1.00. The Balaban J connectivity index is 1.52. The average molecular weight is 296 g/mol. The largest absolute Gasteiger partial charge is 0.388 e. The molecule has 2 saturated heterocycles. The number of carbonyl (C=O) groups excluding carboxylic acids is 1. The van der Waals surface area contributed by atoms with E-state index in [1.165, 1.54) is 25.7 Å². The second-order valence-electron chi connectivity index (χ2n) is 6.98. The van der Waals surface area contributed by atoms with Crippen LogP contribution in [0.3, 0.4) is 0 Å². The summed E-state index contributed by atoms with van der Waals surface area (Å²) < 4.78 is 5.79. The number of hydrogen-bond acceptors (Lipinski definition) is 4. The highest BCUT2D eigenvalue weighted by Crippen LogP contribution is 2.36. The maximum Gasteiger partial charge on any atom is 0.236 e. The van der Waals surface area contributed by atoms with Gasteiger partial charge in [0.05, 0.1) is 12.1 Å². The van der Waals surface area contributed by atoms with Crippen molar-refractivity contribution in [2.24, 2.45) is 0 Å². The molecule has 1 amide bonds. The first-order valence-corrected chi connectivity index (χ1v) is 8.41. The highest BCUT2D eigenvalue weighted by Gasteiger charge is 2.46. The van der Waals surface area contributed by atoms with Gasteiger partial charge in [0, 0.05) is 25.7 Å². The van der Waals surface area contributed by atoms with Crippen LogP contribution in [0.4, 0.5) is 0 Å². The molecule has 3 rings (SSSR count). The Morgan fingerprint density at radius 3 is 2.71 bits per heavy atom. The summed E-state index contributed by atoms with van der Waals surface area (Å²) in [5.74, 6) is 0.149. The fourth-order valence-electron chi connectivity index (χ4n) is 4.15. The first kappa shape index (κ1) is 15.3. The normalized spacial score (nSPS) is 34.2. The van der Waals surface area contributed by atoms with E-state index in [9.17, 15) is 9.90 Å². The summed E-state index contributed by atoms with van der Waals surface area (Å²) in [4.78, 5) is 16.5. The second-order valence-corrected chi connectivity index (χ2v) is 6.98. The van der Waals surface area contributed by atoms with Crippen LogP contribution >= 0.6 is 0 Å². The summed E-state index contributed by atoms with van der Waals surface area (Å²) in [6.07, 6.45) is 7.18. The minimum absolute atomic E-state index is 0.149. The minimum atomic E-state index is -0.533. The molecular weight excluding hydrogens is 268 g/mol. The molecule has 1 aliphatic carbocycles. The van der Waals surface area contributed by atoms with Crippen molar-refractivity contribution in [3.05, 3.63) is 0 Å². The van der Waals surface area contributed by atoms with Crippen molar-refractivity contribution in [3.63, 3.8) is 0 Å². The lowest BCUT2D eigenvalue weighted by Crippen LogP contribution is -2.57. The second kappa shape index (κ2) is 6.23. The van der Waals surface area contributed by atoms with Crippen molar-refractivity contribution in [2.45, 2.75) is 62.7 Å². The first-order valence-electron chi connectivity index (χ1n) is 8.41. The molecule has 5 heteroatoms. The number of nitrogens with zero attached hydrogens (tertiary/aromatic N) is 2. The Morgan fingerprint density at radius 1 is 1.33 bits per heavy atom. The molecule has 0 aromatic heterocycles. The summed E-state index contributed by atoms with van der Waals surface area (Å²) in [5, 5.41) is 10.4. The van der Waals surface area contributed by atoms with Crippen molar-refractivity contribution in [3.8, 4) is 0 Å². The third-order valence-corrected chi connectivity index (χ3v) is 5.62. The van der Waals surface area contributed by atoms with E-state index < -0.39 is 6.10 Å². The van der Waals surface area contributed by atoms with Crippen molar-refractivity contribution < 1.29 is 14.6 Å². The molecule has 5 nitrogen and oxygen atoms in total. The lowest BCUT2D eigenvalue weighted by Gasteiger charge is -2.43. The van der Waals surface area contributed by atoms with Crippen LogP contribution in [0.1, 0.15) is 44.9 Å². The Bertz CT molecular complexity index is 376. The van der Waals surface area contributed by atoms with Gasteiger partial charge in [-0.1, -0.05) is 12.8 Å². The Labute approximate surface area is 127 Å². The third-order valence-electron chi connectivity index (χ3n) is 5.62. The van der Waals surface area contributed by atoms with E-state index in [2.05, 4.69) is 11.9 Å². The van der Waals surface area contributed by atoms with Gasteiger partial charge >= 0.3 is 0 Å². The molecular formula is C16H28N2O3. The zero-order chi connectivity index (χ0) is 14.9. The first-order chi connectivity index (χ1) is 10.1. The van der Waals surface area contributed by atoms with Gasteiger partial charge in [0.15, 0.2) is 0 Å². The molecule has 1 saturated carbocycles. The van der Waals surface area contributed by atoms with Crippen molar-refractivity contribution >= 4 is 5.91 Å². The monoisotopic (exact) mass is 296 g/mol. The van der Waals surface area contributed by atoms with Gasteiger partial charge in [0.25, 0.3) is 0 Å². The van der Waals surface area contributed by atoms with Gasteiger partial charge in [0.1, 0.15) is 6.10 Å². The molecule has 0 unspecified atom stereocenters. The molecule has 21 heavy (non-hydrogen) atoms. The molecule has 2 heterocycles. The number of likely N-dealkylation sites (tertiary alicyclic amines) is 1. The van der Waals surface area contributed by atoms with Gasteiger partial charge in [0.2, 0.25) is 5.91 Å². The number of ether oxygens (including phenoxy) is 1. The molecule has 1 spiro atoms. The number of rotatable bonds is 3. The van der Waals surface area contributed by atoms with E-state index in [4.69, 9.17) is 4.74 Å². The summed E-state index contributed by atoms with van der Waals surface area (Å²) >= 11 is 0. The van der Waals surface area contributed by atoms with E-state index in [1.54, 1.807) is 0 Å². The van der Waals surface area contributed by atoms with Gasteiger partial charge in [-0.3, -0.25) is 9.69 Å². The van der Waals surface area contributed by atoms with Gasteiger partial charge in [-0.25, -0.2) is 0 Å². The van der Waals surface area contributed by atoms with Crippen LogP contribution in [-0.2, 0) is 9.53 Å². The summed E-state index contributed by atoms with van der Waals surface area (Å²) in [6.45, 7) is 2.37. The zero-order valence-electron chi connectivity index (χ0n) is 13.1. The minimum Gasteiger partial charge on any atom is -0.388 e. The van der Waals surface area contributed by atoms with Crippen LogP contribution in [0.5, 0.6) is 0 Å². The maximum absolute atomic E-state index is 12.4. The summed E-state index contributed by atoms with van der Waals surface area (Å²) in [7, 11) is 2.05. The van der Waals surface area contributed by atoms with Crippen LogP contribution in [0.15, 0.2) is 0 Å². The highest BCUT2D eigenvalue weighted by atomic mass is 16.5. The van der Waals surface area contributed by atoms with E-state index in [0.717, 1.165) is 25.9 Å². The Kier molecular flexibility index (Phi) is 4.52. The lowest BCUT2D eigenvalue weighted by atomic mass is 9.86. The topological polar surface area (TPSA) is 53.0 Å². The number of hydrogen-bond donors (Lipinski definition) is 1. The molecule has 1 N–H and O–H groups in total. The lowest BCUT2D eigenvalue weighted by molar-refractivity contribution is -0.153. The molecule has 2 aliphatic heterocycles. The van der Waals surface area contributed by atoms with Crippen molar-refractivity contribution in [1.29, 1.82) is 0 Å². The molecule has 2 atom stereocenters. The molecule has 0 bridgehead atoms. The van der Waals surface area contributed by atoms with Crippen LogP contribution in [0.2, 0.25) is 0 Å². The SMILES string of the molecule is CN(CC(=O)N1CC[C@@]2(CCCO2)[C@@H](O)C1)C1CCCC1. The van der Waals surface area contributed by atoms with Gasteiger partial charge in [-0.2, -0.15) is 0 Å². The number of β-amino-alcohol motifs (C(OH)–C–C–N with tert-alkyl or cyclic N) is 1. The molecule has 0 radical (unpaired) electrons. The summed E-state index contributed by atoms with van der Waals surface area (Å²) in [6, 6.07) is 0.563. The Hall–Kier alpha value is -0.650. The number of piperidine rings is 1. The van der Waals surface area contributed by atoms with E-state index in [-0.39, 0.29) is 11.5 Å². The summed E-state index contributed by atoms with van der Waals surface area (Å²) in [5.41, 5.74) is -0.367. The number of aliphatic hydroxyl groups is 1. The molecule has 120 valence electrons. The Morgan fingerprint density at radius 2 is 2.10 bits per heavy atom. The smallest absolute Gasteiger partial charge is 0.236 e. The fourth-order valence-corrected chi connectivity index (χ4v) is 4.15. The van der Waals surface area contributed by atoms with Gasteiger partial charge in [-0.15, -0.1) is 0 Å². The van der Waals surface area contributed by atoms with Crippen molar-refractivity contribution in [1.82, 2.24) is 9.80 Å². The third kappa shape index (κ3) is 3.10. The molecule has 0 aromatic carbocycles. The highest BCUT2D eigenvalue weighted by molar-refractivity contribution is 5.78. The van der Waals surface area contributed by atoms with Gasteiger partial charge < -0.3 is 14.7 Å². The average Bonchev–Trinajstić information content (AvgIpc) is 3.14. The predicted molar refractivity (Wildman–Crippen MR) is 80.0 cm³/mol.